The van der Waals surface area contributed by atoms with Crippen molar-refractivity contribution in [2.45, 2.75) is 19.1 Å². The fourth-order valence-corrected chi connectivity index (χ4v) is 2.30. The largest absolute Gasteiger partial charge is 0.507 e. The number of fused-ring (bicyclic) bond motifs is 1. The van der Waals surface area contributed by atoms with E-state index in [4.69, 9.17) is 4.74 Å². The molecule has 2 atom stereocenters. The average molecular weight is 244 g/mol. The van der Waals surface area contributed by atoms with E-state index >= 15 is 0 Å². The Kier molecular flexibility index (Phi) is 2.33. The number of nitrogens with zero attached hydrogens (tertiary/aromatic N) is 2. The first kappa shape index (κ1) is 10.8. The molecule has 0 amide bonds. The fraction of sp³-hybridized carbons (Fsp3) is 0.231. The molecule has 92 valence electrons. The van der Waals surface area contributed by atoms with E-state index in [9.17, 15) is 9.90 Å². The molecule has 1 aromatic carbocycles. The monoisotopic (exact) mass is 244 g/mol. The van der Waals surface area contributed by atoms with Crippen LogP contribution in [0.2, 0.25) is 0 Å². The van der Waals surface area contributed by atoms with Crippen LogP contribution in [0.25, 0.3) is 0 Å². The van der Waals surface area contributed by atoms with E-state index in [1.165, 1.54) is 6.07 Å². The van der Waals surface area contributed by atoms with Crippen LogP contribution in [0.3, 0.4) is 0 Å². The van der Waals surface area contributed by atoms with E-state index in [2.05, 4.69) is 4.98 Å². The summed E-state index contributed by atoms with van der Waals surface area (Å²) in [6.45, 7) is 1.83. The molecule has 18 heavy (non-hydrogen) atoms. The Balaban J connectivity index is 2.12. The maximum atomic E-state index is 12.5. The second kappa shape index (κ2) is 3.87. The van der Waals surface area contributed by atoms with Gasteiger partial charge in [-0.1, -0.05) is 6.07 Å². The Labute approximate surface area is 104 Å². The molecule has 2 unspecified atom stereocenters. The number of phenolic OH excluding ortho intramolecular Hbond substituents is 1. The highest BCUT2D eigenvalue weighted by Gasteiger charge is 2.37. The molecule has 3 rings (SSSR count). The van der Waals surface area contributed by atoms with Crippen molar-refractivity contribution < 1.29 is 14.6 Å². The second-order valence-electron chi connectivity index (χ2n) is 4.29. The van der Waals surface area contributed by atoms with Gasteiger partial charge in [-0.15, -0.1) is 0 Å². The number of Topliss-reactive ketones (excluding diaryl/α,β-unsaturated/α-hetero) is 1. The highest BCUT2D eigenvalue weighted by atomic mass is 16.5. The lowest BCUT2D eigenvalue weighted by Gasteiger charge is -2.31. The van der Waals surface area contributed by atoms with Crippen molar-refractivity contribution in [1.29, 1.82) is 0 Å². The number of carbonyl (C=O) groups excluding carboxylic acids is 1. The number of imidazole rings is 1. The van der Waals surface area contributed by atoms with Crippen LogP contribution in [0.4, 0.5) is 0 Å². The summed E-state index contributed by atoms with van der Waals surface area (Å²) in [5.74, 6) is 0.234. The zero-order valence-corrected chi connectivity index (χ0v) is 9.78. The molecule has 2 aromatic rings. The molecule has 1 aliphatic rings. The van der Waals surface area contributed by atoms with Crippen LogP contribution in [0.5, 0.6) is 11.5 Å². The smallest absolute Gasteiger partial charge is 0.196 e. The molecule has 1 aliphatic heterocycles. The van der Waals surface area contributed by atoms with Crippen LogP contribution in [-0.2, 0) is 0 Å². The van der Waals surface area contributed by atoms with Crippen LogP contribution >= 0.6 is 0 Å². The van der Waals surface area contributed by atoms with Gasteiger partial charge in [0.15, 0.2) is 5.78 Å². The van der Waals surface area contributed by atoms with E-state index in [1.54, 1.807) is 35.4 Å². The minimum absolute atomic E-state index is 0.0467. The summed E-state index contributed by atoms with van der Waals surface area (Å²) < 4.78 is 7.39. The lowest BCUT2D eigenvalue weighted by Crippen LogP contribution is -2.37. The Hall–Kier alpha value is -2.30. The lowest BCUT2D eigenvalue weighted by atomic mass is 9.95. The van der Waals surface area contributed by atoms with E-state index in [-0.39, 0.29) is 23.2 Å². The topological polar surface area (TPSA) is 64.3 Å². The Morgan fingerprint density at radius 2 is 2.28 bits per heavy atom. The molecule has 2 heterocycles. The first-order valence-corrected chi connectivity index (χ1v) is 5.69. The SMILES string of the molecule is CC1Oc2cccc(O)c2C(=O)C1n1ccnc1. The molecule has 0 aliphatic carbocycles. The van der Waals surface area contributed by atoms with Gasteiger partial charge in [0.1, 0.15) is 29.2 Å². The third-order valence-electron chi connectivity index (χ3n) is 3.12. The number of phenols is 1. The number of hydrogen-bond acceptors (Lipinski definition) is 4. The van der Waals surface area contributed by atoms with Crippen molar-refractivity contribution in [1.82, 2.24) is 9.55 Å². The molecule has 1 aromatic heterocycles. The maximum absolute atomic E-state index is 12.5. The number of ether oxygens (including phenoxy) is 1. The lowest BCUT2D eigenvalue weighted by molar-refractivity contribution is 0.0713. The predicted octanol–water partition coefficient (Wildman–Crippen LogP) is 1.79. The molecule has 5 nitrogen and oxygen atoms in total. The zero-order chi connectivity index (χ0) is 12.7. The molecule has 0 radical (unpaired) electrons. The number of aromatic hydroxyl groups is 1. The van der Waals surface area contributed by atoms with Gasteiger partial charge in [-0.25, -0.2) is 4.98 Å². The van der Waals surface area contributed by atoms with Gasteiger partial charge in [0, 0.05) is 12.4 Å². The normalized spacial score (nSPS) is 22.4. The summed E-state index contributed by atoms with van der Waals surface area (Å²) in [5.41, 5.74) is 0.245. The van der Waals surface area contributed by atoms with Gasteiger partial charge in [0.25, 0.3) is 0 Å². The summed E-state index contributed by atoms with van der Waals surface area (Å²) in [6, 6.07) is 4.34. The van der Waals surface area contributed by atoms with Crippen LogP contribution in [0.1, 0.15) is 23.3 Å². The first-order chi connectivity index (χ1) is 8.68. The Morgan fingerprint density at radius 3 is 3.00 bits per heavy atom. The molecule has 0 saturated heterocycles. The first-order valence-electron chi connectivity index (χ1n) is 5.69. The van der Waals surface area contributed by atoms with Crippen LogP contribution in [0, 0.1) is 0 Å². The molecule has 0 bridgehead atoms. The number of aromatic nitrogens is 2. The molecule has 1 N–H and O–H groups in total. The van der Waals surface area contributed by atoms with Gasteiger partial charge in [-0.05, 0) is 19.1 Å². The van der Waals surface area contributed by atoms with E-state index in [1.807, 2.05) is 6.92 Å². The molecule has 0 spiro atoms. The molecule has 0 saturated carbocycles. The summed E-state index contributed by atoms with van der Waals surface area (Å²) >= 11 is 0. The standard InChI is InChI=1S/C13H12N2O3/c1-8-12(15-6-5-14-7-15)13(17)11-9(16)3-2-4-10(11)18-8/h2-8,12,16H,1H3. The number of ketones is 1. The number of hydrogen-bond donors (Lipinski definition) is 1. The van der Waals surface area contributed by atoms with Crippen molar-refractivity contribution in [3.8, 4) is 11.5 Å². The van der Waals surface area contributed by atoms with E-state index in [0.29, 0.717) is 5.75 Å². The molecule has 0 fully saturated rings. The Morgan fingerprint density at radius 1 is 1.44 bits per heavy atom. The second-order valence-corrected chi connectivity index (χ2v) is 4.29. The molecule has 5 heteroatoms. The number of benzene rings is 1. The van der Waals surface area contributed by atoms with E-state index in [0.717, 1.165) is 0 Å². The molecular formula is C13H12N2O3. The summed E-state index contributed by atoms with van der Waals surface area (Å²) in [6.07, 6.45) is 4.60. The van der Waals surface area contributed by atoms with Crippen LogP contribution in [-0.4, -0.2) is 26.5 Å². The highest BCUT2D eigenvalue weighted by molar-refractivity contribution is 6.05. The highest BCUT2D eigenvalue weighted by Crippen LogP contribution is 2.37. The molecular weight excluding hydrogens is 232 g/mol. The van der Waals surface area contributed by atoms with Gasteiger partial charge in [0.05, 0.1) is 6.33 Å². The number of carbonyl (C=O) groups is 1. The van der Waals surface area contributed by atoms with Gasteiger partial charge < -0.3 is 14.4 Å². The fourth-order valence-electron chi connectivity index (χ4n) is 2.30. The maximum Gasteiger partial charge on any atom is 0.196 e. The summed E-state index contributed by atoms with van der Waals surface area (Å²) in [7, 11) is 0. The minimum atomic E-state index is -0.492. The Bertz CT molecular complexity index is 592. The van der Waals surface area contributed by atoms with Crippen molar-refractivity contribution in [2.75, 3.05) is 0 Å². The van der Waals surface area contributed by atoms with Gasteiger partial charge in [-0.3, -0.25) is 4.79 Å². The third kappa shape index (κ3) is 1.48. The summed E-state index contributed by atoms with van der Waals surface area (Å²) in [5, 5.41) is 9.80. The van der Waals surface area contributed by atoms with Crippen molar-refractivity contribution in [3.05, 3.63) is 42.5 Å². The van der Waals surface area contributed by atoms with E-state index < -0.39 is 6.04 Å². The third-order valence-corrected chi connectivity index (χ3v) is 3.12. The zero-order valence-electron chi connectivity index (χ0n) is 9.78. The van der Waals surface area contributed by atoms with Crippen molar-refractivity contribution >= 4 is 5.78 Å². The van der Waals surface area contributed by atoms with Crippen molar-refractivity contribution in [3.63, 3.8) is 0 Å². The van der Waals surface area contributed by atoms with Crippen molar-refractivity contribution in [2.24, 2.45) is 0 Å². The minimum Gasteiger partial charge on any atom is -0.507 e. The van der Waals surface area contributed by atoms with Crippen LogP contribution < -0.4 is 4.74 Å². The van der Waals surface area contributed by atoms with Crippen LogP contribution in [0.15, 0.2) is 36.9 Å². The van der Waals surface area contributed by atoms with Gasteiger partial charge in [-0.2, -0.15) is 0 Å². The summed E-state index contributed by atoms with van der Waals surface area (Å²) in [4.78, 5) is 16.4. The van der Waals surface area contributed by atoms with Gasteiger partial charge in [0.2, 0.25) is 0 Å². The van der Waals surface area contributed by atoms with Gasteiger partial charge >= 0.3 is 0 Å². The quantitative estimate of drug-likeness (QED) is 0.830. The number of rotatable bonds is 1. The average Bonchev–Trinajstić information content (AvgIpc) is 2.82. The predicted molar refractivity (Wildman–Crippen MR) is 63.8 cm³/mol.